The van der Waals surface area contributed by atoms with Gasteiger partial charge in [-0.05, 0) is 53.8 Å². The zero-order chi connectivity index (χ0) is 22.8. The molecule has 0 saturated carbocycles. The summed E-state index contributed by atoms with van der Waals surface area (Å²) in [5.74, 6) is 6.27. The molecule has 5 rings (SSSR count). The van der Waals surface area contributed by atoms with Crippen LogP contribution in [0, 0.1) is 18.8 Å². The van der Waals surface area contributed by atoms with Gasteiger partial charge in [-0.15, -0.1) is 11.3 Å². The summed E-state index contributed by atoms with van der Waals surface area (Å²) in [4.78, 5) is 1.24. The molecule has 3 aromatic carbocycles. The maximum absolute atomic E-state index is 13.4. The predicted molar refractivity (Wildman–Crippen MR) is 134 cm³/mol. The molecule has 0 amide bonds. The van der Waals surface area contributed by atoms with Crippen LogP contribution in [0.4, 0.5) is 0 Å². The highest BCUT2D eigenvalue weighted by atomic mass is 32.2. The molecule has 1 aliphatic rings. The van der Waals surface area contributed by atoms with Crippen molar-refractivity contribution in [3.63, 3.8) is 0 Å². The van der Waals surface area contributed by atoms with Crippen molar-refractivity contribution in [3.8, 4) is 11.8 Å². The Morgan fingerprint density at radius 2 is 1.48 bits per heavy atom. The molecular weight excluding hydrogens is 446 g/mol. The molecule has 0 radical (unpaired) electrons. The van der Waals surface area contributed by atoms with E-state index in [9.17, 15) is 8.42 Å². The standard InChI is InChI=1S/C28H21NO2S2/c1-20-12-15-23(16-13-20)33(30,31)29-27-25(17-14-21-8-4-2-5-9-21)28-24(18-19-32-28)26(27)22-10-6-3-7-11-22/h2-13,15-16,18-19,26,29H,1H3/t26-/m1/s1. The minimum absolute atomic E-state index is 0.229. The van der Waals surface area contributed by atoms with Crippen molar-refractivity contribution in [2.24, 2.45) is 0 Å². The molecule has 162 valence electrons. The zero-order valence-electron chi connectivity index (χ0n) is 17.9. The maximum Gasteiger partial charge on any atom is 0.261 e. The van der Waals surface area contributed by atoms with Gasteiger partial charge in [0.15, 0.2) is 0 Å². The first-order valence-corrected chi connectivity index (χ1v) is 12.9. The quantitative estimate of drug-likeness (QED) is 0.377. The monoisotopic (exact) mass is 467 g/mol. The number of fused-ring (bicyclic) bond motifs is 1. The molecule has 3 nitrogen and oxygen atoms in total. The fourth-order valence-electron chi connectivity index (χ4n) is 3.97. The fourth-order valence-corrected chi connectivity index (χ4v) is 6.05. The third-order valence-electron chi connectivity index (χ3n) is 5.61. The molecule has 1 aliphatic carbocycles. The number of benzene rings is 3. The summed E-state index contributed by atoms with van der Waals surface area (Å²) in [6.07, 6.45) is 0. The summed E-state index contributed by atoms with van der Waals surface area (Å²) in [5, 5.41) is 2.04. The van der Waals surface area contributed by atoms with Gasteiger partial charge in [0.2, 0.25) is 0 Å². The first-order chi connectivity index (χ1) is 16.0. The molecule has 1 aromatic heterocycles. The number of rotatable bonds is 4. The van der Waals surface area contributed by atoms with E-state index in [1.54, 1.807) is 35.6 Å². The zero-order valence-corrected chi connectivity index (χ0v) is 19.6. The average Bonchev–Trinajstić information content (AvgIpc) is 3.40. The summed E-state index contributed by atoms with van der Waals surface area (Å²) >= 11 is 1.59. The van der Waals surface area contributed by atoms with Gasteiger partial charge in [-0.2, -0.15) is 0 Å². The van der Waals surface area contributed by atoms with Crippen LogP contribution in [0.25, 0.3) is 5.57 Å². The van der Waals surface area contributed by atoms with E-state index in [0.29, 0.717) is 5.70 Å². The summed E-state index contributed by atoms with van der Waals surface area (Å²) in [6.45, 7) is 1.93. The molecule has 0 fully saturated rings. The van der Waals surface area contributed by atoms with Gasteiger partial charge < -0.3 is 0 Å². The second kappa shape index (κ2) is 8.74. The second-order valence-electron chi connectivity index (χ2n) is 7.87. The highest BCUT2D eigenvalue weighted by Crippen LogP contribution is 2.47. The molecule has 1 heterocycles. The lowest BCUT2D eigenvalue weighted by atomic mass is 9.93. The minimum atomic E-state index is -3.78. The van der Waals surface area contributed by atoms with E-state index in [1.807, 2.05) is 73.0 Å². The molecule has 1 N–H and O–H groups in total. The normalized spacial score (nSPS) is 15.0. The van der Waals surface area contributed by atoms with Crippen LogP contribution >= 0.6 is 11.3 Å². The molecule has 33 heavy (non-hydrogen) atoms. The average molecular weight is 468 g/mol. The molecular formula is C28H21NO2S2. The van der Waals surface area contributed by atoms with Crippen LogP contribution in [0.1, 0.15) is 33.0 Å². The molecule has 0 spiro atoms. The lowest BCUT2D eigenvalue weighted by molar-refractivity contribution is 0.587. The lowest BCUT2D eigenvalue weighted by Gasteiger charge is -2.19. The van der Waals surface area contributed by atoms with Crippen LogP contribution < -0.4 is 4.72 Å². The Bertz CT molecular complexity index is 1490. The number of allylic oxidation sites excluding steroid dienone is 2. The minimum Gasteiger partial charge on any atom is -0.281 e. The van der Waals surface area contributed by atoms with Gasteiger partial charge in [0.05, 0.1) is 22.1 Å². The van der Waals surface area contributed by atoms with Crippen LogP contribution in [-0.4, -0.2) is 8.42 Å². The molecule has 0 bridgehead atoms. The van der Waals surface area contributed by atoms with Crippen LogP contribution in [0.15, 0.2) is 107 Å². The Hall–Kier alpha value is -3.59. The third kappa shape index (κ3) is 4.23. The van der Waals surface area contributed by atoms with E-state index < -0.39 is 10.0 Å². The van der Waals surface area contributed by atoms with Gasteiger partial charge in [-0.1, -0.05) is 78.1 Å². The summed E-state index contributed by atoms with van der Waals surface area (Å²) in [7, 11) is -3.78. The summed E-state index contributed by atoms with van der Waals surface area (Å²) in [5.41, 5.74) is 5.32. The van der Waals surface area contributed by atoms with E-state index >= 15 is 0 Å². The number of nitrogens with one attached hydrogen (secondary N) is 1. The van der Waals surface area contributed by atoms with E-state index in [0.717, 1.165) is 32.7 Å². The van der Waals surface area contributed by atoms with Gasteiger partial charge >= 0.3 is 0 Å². The third-order valence-corrected chi connectivity index (χ3v) is 7.94. The van der Waals surface area contributed by atoms with E-state index in [-0.39, 0.29) is 10.8 Å². The molecule has 4 aromatic rings. The van der Waals surface area contributed by atoms with Gasteiger partial charge in [-0.25, -0.2) is 8.42 Å². The fraction of sp³-hybridized carbons (Fsp3) is 0.0714. The highest BCUT2D eigenvalue weighted by molar-refractivity contribution is 7.89. The predicted octanol–water partition coefficient (Wildman–Crippen LogP) is 5.94. The van der Waals surface area contributed by atoms with Crippen molar-refractivity contribution in [1.82, 2.24) is 4.72 Å². The Morgan fingerprint density at radius 3 is 2.18 bits per heavy atom. The second-order valence-corrected chi connectivity index (χ2v) is 10.5. The van der Waals surface area contributed by atoms with Crippen molar-refractivity contribution >= 4 is 26.9 Å². The van der Waals surface area contributed by atoms with Gasteiger partial charge in [0.1, 0.15) is 0 Å². The number of aryl methyl sites for hydroxylation is 1. The molecule has 0 unspecified atom stereocenters. The van der Waals surface area contributed by atoms with Crippen molar-refractivity contribution in [2.75, 3.05) is 0 Å². The number of sulfonamides is 1. The Balaban J connectivity index is 1.67. The van der Waals surface area contributed by atoms with Crippen LogP contribution in [0.3, 0.4) is 0 Å². The Kier molecular flexibility index (Phi) is 5.63. The van der Waals surface area contributed by atoms with Gasteiger partial charge in [0.25, 0.3) is 10.0 Å². The van der Waals surface area contributed by atoms with Crippen molar-refractivity contribution < 1.29 is 8.42 Å². The lowest BCUT2D eigenvalue weighted by Crippen LogP contribution is -2.26. The van der Waals surface area contributed by atoms with Crippen LogP contribution in [0.2, 0.25) is 0 Å². The molecule has 0 saturated heterocycles. The Labute approximate surface area is 198 Å². The maximum atomic E-state index is 13.4. The van der Waals surface area contributed by atoms with Crippen molar-refractivity contribution in [2.45, 2.75) is 17.7 Å². The summed E-state index contributed by atoms with van der Waals surface area (Å²) in [6, 6.07) is 28.6. The first kappa shape index (κ1) is 21.3. The first-order valence-electron chi connectivity index (χ1n) is 10.6. The Morgan fingerprint density at radius 1 is 0.818 bits per heavy atom. The molecule has 5 heteroatoms. The number of thiophene rings is 1. The van der Waals surface area contributed by atoms with Gasteiger partial charge in [-0.3, -0.25) is 4.72 Å². The summed E-state index contributed by atoms with van der Waals surface area (Å²) < 4.78 is 29.7. The molecule has 1 atom stereocenters. The highest BCUT2D eigenvalue weighted by Gasteiger charge is 2.35. The number of hydrogen-bond acceptors (Lipinski definition) is 3. The van der Waals surface area contributed by atoms with Gasteiger partial charge in [0, 0.05) is 10.4 Å². The van der Waals surface area contributed by atoms with Crippen molar-refractivity contribution in [3.05, 3.63) is 129 Å². The van der Waals surface area contributed by atoms with Crippen LogP contribution in [-0.2, 0) is 10.0 Å². The van der Waals surface area contributed by atoms with E-state index in [2.05, 4.69) is 22.6 Å². The smallest absolute Gasteiger partial charge is 0.261 e. The van der Waals surface area contributed by atoms with Crippen molar-refractivity contribution in [1.29, 1.82) is 0 Å². The van der Waals surface area contributed by atoms with Crippen LogP contribution in [0.5, 0.6) is 0 Å². The topological polar surface area (TPSA) is 46.2 Å². The number of hydrogen-bond donors (Lipinski definition) is 1. The SMILES string of the molecule is Cc1ccc(S(=O)(=O)NC2=C(C#Cc3ccccc3)c3sccc3[C@H]2c2ccccc2)cc1. The van der Waals surface area contributed by atoms with E-state index in [4.69, 9.17) is 0 Å². The molecule has 0 aliphatic heterocycles. The van der Waals surface area contributed by atoms with E-state index in [1.165, 1.54) is 0 Å². The largest absolute Gasteiger partial charge is 0.281 e.